The van der Waals surface area contributed by atoms with Crippen LogP contribution in [0.3, 0.4) is 0 Å². The maximum Gasteiger partial charge on any atom is 0.195 e. The molecule has 1 saturated heterocycles. The van der Waals surface area contributed by atoms with Gasteiger partial charge in [0.15, 0.2) is 5.79 Å². The number of unbranched alkanes of at least 4 members (excludes halogenated alkanes) is 1. The highest BCUT2D eigenvalue weighted by molar-refractivity contribution is 5.16. The summed E-state index contributed by atoms with van der Waals surface area (Å²) in [5, 5.41) is 12.3. The van der Waals surface area contributed by atoms with Gasteiger partial charge in [0.1, 0.15) is 24.4 Å². The van der Waals surface area contributed by atoms with Gasteiger partial charge in [-0.3, -0.25) is 0 Å². The summed E-state index contributed by atoms with van der Waals surface area (Å²) in [6, 6.07) is 40.1. The molecule has 6 nitrogen and oxygen atoms in total. The van der Waals surface area contributed by atoms with Gasteiger partial charge in [-0.05, 0) is 28.7 Å². The van der Waals surface area contributed by atoms with Crippen molar-refractivity contribution in [2.45, 2.75) is 82.8 Å². The van der Waals surface area contributed by atoms with Gasteiger partial charge < -0.3 is 28.8 Å². The van der Waals surface area contributed by atoms with E-state index >= 15 is 0 Å². The molecule has 5 atom stereocenters. The van der Waals surface area contributed by atoms with Crippen LogP contribution in [0.4, 0.5) is 0 Å². The van der Waals surface area contributed by atoms with E-state index in [-0.39, 0.29) is 6.61 Å². The molecule has 1 heterocycles. The molecule has 0 aromatic heterocycles. The largest absolute Gasteiger partial charge is 0.374 e. The maximum atomic E-state index is 12.3. The van der Waals surface area contributed by atoms with Crippen LogP contribution in [-0.2, 0) is 50.1 Å². The predicted octanol–water partition coefficient (Wildman–Crippen LogP) is 7.24. The smallest absolute Gasteiger partial charge is 0.195 e. The molecular formula is C38H44O6. The van der Waals surface area contributed by atoms with Crippen molar-refractivity contribution in [1.29, 1.82) is 0 Å². The van der Waals surface area contributed by atoms with Crippen LogP contribution in [0.15, 0.2) is 121 Å². The second kappa shape index (κ2) is 16.6. The first kappa shape index (κ1) is 32.0. The Morgan fingerprint density at radius 1 is 0.591 bits per heavy atom. The minimum atomic E-state index is -1.60. The van der Waals surface area contributed by atoms with Crippen molar-refractivity contribution < 1.29 is 28.8 Å². The second-order valence-corrected chi connectivity index (χ2v) is 11.3. The van der Waals surface area contributed by atoms with Crippen molar-refractivity contribution >= 4 is 0 Å². The molecule has 0 unspecified atom stereocenters. The van der Waals surface area contributed by atoms with E-state index in [4.69, 9.17) is 23.7 Å². The Morgan fingerprint density at radius 3 is 1.50 bits per heavy atom. The van der Waals surface area contributed by atoms with Crippen molar-refractivity contribution in [3.8, 4) is 0 Å². The van der Waals surface area contributed by atoms with Crippen LogP contribution < -0.4 is 0 Å². The Labute approximate surface area is 261 Å². The molecule has 44 heavy (non-hydrogen) atoms. The lowest BCUT2D eigenvalue weighted by molar-refractivity contribution is -0.372. The van der Waals surface area contributed by atoms with E-state index in [1.54, 1.807) is 0 Å². The number of benzene rings is 4. The highest BCUT2D eigenvalue weighted by Crippen LogP contribution is 2.38. The van der Waals surface area contributed by atoms with Crippen LogP contribution in [0.1, 0.15) is 48.4 Å². The third-order valence-corrected chi connectivity index (χ3v) is 7.91. The summed E-state index contributed by atoms with van der Waals surface area (Å²) in [6.07, 6.45) is -0.545. The van der Waals surface area contributed by atoms with Crippen LogP contribution in [0, 0.1) is 0 Å². The van der Waals surface area contributed by atoms with Gasteiger partial charge in [0, 0.05) is 6.42 Å². The van der Waals surface area contributed by atoms with Crippen LogP contribution in [0.2, 0.25) is 0 Å². The van der Waals surface area contributed by atoms with Crippen molar-refractivity contribution in [2.75, 3.05) is 6.61 Å². The highest BCUT2D eigenvalue weighted by Gasteiger charge is 2.55. The first-order valence-electron chi connectivity index (χ1n) is 15.6. The standard InChI is InChI=1S/C38H44O6/c1-2-3-24-38(39)37(43-28-33-22-14-7-15-23-33)36(42-27-32-20-12-6-13-21-32)35(41-26-31-18-10-5-11-19-31)34(44-38)29-40-25-30-16-8-4-9-17-30/h4-23,34-37,39H,2-3,24-29H2,1H3/t34-,35-,36+,37-,38+/m1/s1. The molecule has 1 aliphatic rings. The summed E-state index contributed by atoms with van der Waals surface area (Å²) < 4.78 is 32.7. The topological polar surface area (TPSA) is 66.4 Å². The Bertz CT molecular complexity index is 1340. The van der Waals surface area contributed by atoms with Gasteiger partial charge in [-0.2, -0.15) is 0 Å². The molecule has 4 aromatic carbocycles. The predicted molar refractivity (Wildman–Crippen MR) is 171 cm³/mol. The summed E-state index contributed by atoms with van der Waals surface area (Å²) in [7, 11) is 0. The number of hydrogen-bond acceptors (Lipinski definition) is 6. The molecule has 5 rings (SSSR count). The van der Waals surface area contributed by atoms with E-state index in [0.717, 1.165) is 35.1 Å². The lowest BCUT2D eigenvalue weighted by Crippen LogP contribution is -2.67. The first-order valence-corrected chi connectivity index (χ1v) is 15.6. The van der Waals surface area contributed by atoms with Gasteiger partial charge in [-0.15, -0.1) is 0 Å². The fourth-order valence-corrected chi connectivity index (χ4v) is 5.57. The van der Waals surface area contributed by atoms with E-state index in [1.165, 1.54) is 0 Å². The average Bonchev–Trinajstić information content (AvgIpc) is 3.07. The third kappa shape index (κ3) is 9.08. The van der Waals surface area contributed by atoms with Crippen molar-refractivity contribution in [1.82, 2.24) is 0 Å². The molecule has 1 fully saturated rings. The average molecular weight is 597 g/mol. The summed E-state index contributed by atoms with van der Waals surface area (Å²) >= 11 is 0. The molecule has 1 N–H and O–H groups in total. The molecule has 4 aromatic rings. The molecule has 0 aliphatic carbocycles. The molecule has 0 saturated carbocycles. The van der Waals surface area contributed by atoms with Crippen LogP contribution in [0.25, 0.3) is 0 Å². The fourth-order valence-electron chi connectivity index (χ4n) is 5.57. The monoisotopic (exact) mass is 596 g/mol. The first-order chi connectivity index (χ1) is 21.6. The maximum absolute atomic E-state index is 12.3. The van der Waals surface area contributed by atoms with E-state index in [0.29, 0.717) is 32.8 Å². The van der Waals surface area contributed by atoms with Crippen molar-refractivity contribution in [3.63, 3.8) is 0 Å². The summed E-state index contributed by atoms with van der Waals surface area (Å²) in [4.78, 5) is 0. The lowest BCUT2D eigenvalue weighted by Gasteiger charge is -2.50. The number of aliphatic hydroxyl groups is 1. The summed E-state index contributed by atoms with van der Waals surface area (Å²) in [5.41, 5.74) is 4.12. The van der Waals surface area contributed by atoms with Crippen molar-refractivity contribution in [2.24, 2.45) is 0 Å². The van der Waals surface area contributed by atoms with Crippen LogP contribution in [-0.4, -0.2) is 41.9 Å². The number of hydrogen-bond donors (Lipinski definition) is 1. The number of rotatable bonds is 16. The van der Waals surface area contributed by atoms with Gasteiger partial charge in [0.25, 0.3) is 0 Å². The van der Waals surface area contributed by atoms with Gasteiger partial charge in [-0.25, -0.2) is 0 Å². The Morgan fingerprint density at radius 2 is 1.02 bits per heavy atom. The van der Waals surface area contributed by atoms with E-state index in [9.17, 15) is 5.11 Å². The lowest BCUT2D eigenvalue weighted by atomic mass is 9.88. The normalized spacial score (nSPS) is 23.4. The highest BCUT2D eigenvalue weighted by atomic mass is 16.7. The Balaban J connectivity index is 1.45. The van der Waals surface area contributed by atoms with Crippen molar-refractivity contribution in [3.05, 3.63) is 144 Å². The molecular weight excluding hydrogens is 552 g/mol. The molecule has 6 heteroatoms. The minimum absolute atomic E-state index is 0.222. The molecule has 0 amide bonds. The van der Waals surface area contributed by atoms with Gasteiger partial charge in [0.05, 0.1) is 33.0 Å². The summed E-state index contributed by atoms with van der Waals surface area (Å²) in [6.45, 7) is 3.73. The third-order valence-electron chi connectivity index (χ3n) is 7.91. The van der Waals surface area contributed by atoms with Gasteiger partial charge >= 0.3 is 0 Å². The zero-order valence-electron chi connectivity index (χ0n) is 25.5. The van der Waals surface area contributed by atoms with E-state index < -0.39 is 30.2 Å². The molecule has 0 bridgehead atoms. The second-order valence-electron chi connectivity index (χ2n) is 11.3. The molecule has 0 radical (unpaired) electrons. The SMILES string of the molecule is CCCC[C@]1(O)O[C@H](COCc2ccccc2)[C@@H](OCc2ccccc2)[C@H](OCc2ccccc2)[C@H]1OCc1ccccc1. The quantitative estimate of drug-likeness (QED) is 0.147. The van der Waals surface area contributed by atoms with E-state index in [1.807, 2.05) is 121 Å². The van der Waals surface area contributed by atoms with Crippen LogP contribution >= 0.6 is 0 Å². The molecule has 0 spiro atoms. The Hall–Kier alpha value is -3.36. The van der Waals surface area contributed by atoms with Gasteiger partial charge in [-0.1, -0.05) is 135 Å². The summed E-state index contributed by atoms with van der Waals surface area (Å²) in [5.74, 6) is -1.60. The van der Waals surface area contributed by atoms with E-state index in [2.05, 4.69) is 6.92 Å². The zero-order valence-corrected chi connectivity index (χ0v) is 25.5. The fraction of sp³-hybridized carbons (Fsp3) is 0.368. The molecule has 1 aliphatic heterocycles. The molecule has 232 valence electrons. The number of ether oxygens (including phenoxy) is 5. The zero-order chi connectivity index (χ0) is 30.5. The Kier molecular flexibility index (Phi) is 12.1. The minimum Gasteiger partial charge on any atom is -0.374 e. The van der Waals surface area contributed by atoms with Crippen LogP contribution in [0.5, 0.6) is 0 Å². The van der Waals surface area contributed by atoms with Gasteiger partial charge in [0.2, 0.25) is 0 Å².